The minimum atomic E-state index is -0.211. The van der Waals surface area contributed by atoms with E-state index in [-0.39, 0.29) is 18.4 Å². The van der Waals surface area contributed by atoms with Gasteiger partial charge in [0, 0.05) is 19.2 Å². The summed E-state index contributed by atoms with van der Waals surface area (Å²) in [6.45, 7) is 2.83. The molecule has 114 valence electrons. The van der Waals surface area contributed by atoms with Crippen molar-refractivity contribution in [2.75, 3.05) is 33.2 Å². The van der Waals surface area contributed by atoms with Crippen molar-refractivity contribution in [3.8, 4) is 0 Å². The van der Waals surface area contributed by atoms with Crippen molar-refractivity contribution < 1.29 is 9.59 Å². The van der Waals surface area contributed by atoms with Gasteiger partial charge in [-0.3, -0.25) is 9.59 Å². The number of likely N-dealkylation sites (N-methyl/N-ethyl adjacent to an activating group) is 1. The highest BCUT2D eigenvalue weighted by Crippen LogP contribution is 2.10. The quantitative estimate of drug-likeness (QED) is 0.846. The Morgan fingerprint density at radius 2 is 2.10 bits per heavy atom. The molecule has 1 aliphatic rings. The van der Waals surface area contributed by atoms with Crippen LogP contribution in [0.3, 0.4) is 0 Å². The first kappa shape index (κ1) is 15.5. The van der Waals surface area contributed by atoms with Gasteiger partial charge in [0.25, 0.3) is 5.91 Å². The monoisotopic (exact) mass is 289 g/mol. The second-order valence-electron chi connectivity index (χ2n) is 5.54. The number of rotatable bonds is 5. The molecule has 0 radical (unpaired) electrons. The maximum atomic E-state index is 12.0. The Morgan fingerprint density at radius 1 is 1.33 bits per heavy atom. The number of carbonyl (C=O) groups is 2. The van der Waals surface area contributed by atoms with E-state index in [1.54, 1.807) is 36.2 Å². The minimum absolute atomic E-state index is 0.0460. The van der Waals surface area contributed by atoms with Crippen LogP contribution in [0.15, 0.2) is 30.3 Å². The molecule has 21 heavy (non-hydrogen) atoms. The van der Waals surface area contributed by atoms with Gasteiger partial charge in [-0.05, 0) is 44.0 Å². The Morgan fingerprint density at radius 3 is 2.76 bits per heavy atom. The molecule has 1 aromatic carbocycles. The molecule has 5 nitrogen and oxygen atoms in total. The molecule has 1 fully saturated rings. The van der Waals surface area contributed by atoms with Crippen molar-refractivity contribution in [1.82, 2.24) is 15.5 Å². The van der Waals surface area contributed by atoms with E-state index in [4.69, 9.17) is 0 Å². The predicted molar refractivity (Wildman–Crippen MR) is 82.0 cm³/mol. The molecule has 0 aliphatic carbocycles. The smallest absolute Gasteiger partial charge is 0.251 e. The zero-order valence-corrected chi connectivity index (χ0v) is 12.5. The van der Waals surface area contributed by atoms with Gasteiger partial charge in [0.2, 0.25) is 5.91 Å². The average molecular weight is 289 g/mol. The van der Waals surface area contributed by atoms with Crippen molar-refractivity contribution in [3.63, 3.8) is 0 Å². The minimum Gasteiger partial charge on any atom is -0.344 e. The number of piperidine rings is 1. The summed E-state index contributed by atoms with van der Waals surface area (Å²) in [4.78, 5) is 25.6. The van der Waals surface area contributed by atoms with E-state index in [1.807, 2.05) is 6.07 Å². The van der Waals surface area contributed by atoms with Gasteiger partial charge in [-0.1, -0.05) is 18.2 Å². The number of hydrogen-bond acceptors (Lipinski definition) is 3. The van der Waals surface area contributed by atoms with Crippen LogP contribution in [0.2, 0.25) is 0 Å². The predicted octanol–water partition coefficient (Wildman–Crippen LogP) is 0.874. The average Bonchev–Trinajstić information content (AvgIpc) is 2.54. The van der Waals surface area contributed by atoms with Gasteiger partial charge in [-0.15, -0.1) is 0 Å². The van der Waals surface area contributed by atoms with Crippen LogP contribution in [0.4, 0.5) is 0 Å². The van der Waals surface area contributed by atoms with Gasteiger partial charge in [-0.25, -0.2) is 0 Å². The lowest BCUT2D eigenvalue weighted by Gasteiger charge is -2.27. The molecule has 5 heteroatoms. The largest absolute Gasteiger partial charge is 0.344 e. The molecule has 2 N–H and O–H groups in total. The van der Waals surface area contributed by atoms with E-state index in [9.17, 15) is 9.59 Å². The molecular weight excluding hydrogens is 266 g/mol. The third kappa shape index (κ3) is 4.86. The number of nitrogens with one attached hydrogen (secondary N) is 2. The first-order valence-corrected chi connectivity index (χ1v) is 7.44. The second kappa shape index (κ2) is 7.78. The molecule has 1 heterocycles. The fourth-order valence-corrected chi connectivity index (χ4v) is 2.55. The molecule has 1 unspecified atom stereocenters. The van der Waals surface area contributed by atoms with Crippen LogP contribution in [-0.4, -0.2) is 49.9 Å². The topological polar surface area (TPSA) is 61.4 Å². The Labute approximate surface area is 125 Å². The summed E-state index contributed by atoms with van der Waals surface area (Å²) in [5, 5.41) is 6.01. The van der Waals surface area contributed by atoms with E-state index in [2.05, 4.69) is 10.6 Å². The first-order chi connectivity index (χ1) is 10.2. The Kier molecular flexibility index (Phi) is 5.75. The number of carbonyl (C=O) groups excluding carboxylic acids is 2. The summed E-state index contributed by atoms with van der Waals surface area (Å²) >= 11 is 0. The van der Waals surface area contributed by atoms with E-state index in [0.29, 0.717) is 11.5 Å². The summed E-state index contributed by atoms with van der Waals surface area (Å²) in [5.41, 5.74) is 0.574. The highest BCUT2D eigenvalue weighted by atomic mass is 16.2. The number of nitrogens with zero attached hydrogens (tertiary/aromatic N) is 1. The highest BCUT2D eigenvalue weighted by molar-refractivity contribution is 5.96. The van der Waals surface area contributed by atoms with Crippen molar-refractivity contribution in [1.29, 1.82) is 0 Å². The molecule has 0 bridgehead atoms. The maximum absolute atomic E-state index is 12.0. The van der Waals surface area contributed by atoms with Crippen molar-refractivity contribution in [2.24, 2.45) is 5.92 Å². The SMILES string of the molecule is CN(CC1CCCNC1)C(=O)CNC(=O)c1ccccc1. The number of benzene rings is 1. The normalized spacial score (nSPS) is 18.0. The Bertz CT molecular complexity index is 470. The molecule has 1 aromatic rings. The molecule has 0 spiro atoms. The van der Waals surface area contributed by atoms with Crippen LogP contribution in [0.1, 0.15) is 23.2 Å². The van der Waals surface area contributed by atoms with Gasteiger partial charge in [0.05, 0.1) is 6.54 Å². The van der Waals surface area contributed by atoms with Crippen molar-refractivity contribution in [2.45, 2.75) is 12.8 Å². The van der Waals surface area contributed by atoms with Crippen LogP contribution in [-0.2, 0) is 4.79 Å². The molecule has 1 atom stereocenters. The van der Waals surface area contributed by atoms with Crippen LogP contribution >= 0.6 is 0 Å². The van der Waals surface area contributed by atoms with Crippen LogP contribution in [0.25, 0.3) is 0 Å². The van der Waals surface area contributed by atoms with Gasteiger partial charge < -0.3 is 15.5 Å². The number of amides is 2. The van der Waals surface area contributed by atoms with Gasteiger partial charge >= 0.3 is 0 Å². The van der Waals surface area contributed by atoms with E-state index in [0.717, 1.165) is 32.5 Å². The lowest BCUT2D eigenvalue weighted by Crippen LogP contribution is -2.43. The summed E-state index contributed by atoms with van der Waals surface area (Å²) in [6, 6.07) is 8.93. The lowest BCUT2D eigenvalue weighted by molar-refractivity contribution is -0.129. The highest BCUT2D eigenvalue weighted by Gasteiger charge is 2.18. The van der Waals surface area contributed by atoms with Crippen LogP contribution in [0, 0.1) is 5.92 Å². The summed E-state index contributed by atoms with van der Waals surface area (Å²) in [6.07, 6.45) is 2.32. The summed E-state index contributed by atoms with van der Waals surface area (Å²) in [5.74, 6) is 0.249. The van der Waals surface area contributed by atoms with Gasteiger partial charge in [0.15, 0.2) is 0 Å². The van der Waals surface area contributed by atoms with Crippen LogP contribution in [0.5, 0.6) is 0 Å². The van der Waals surface area contributed by atoms with E-state index >= 15 is 0 Å². The van der Waals surface area contributed by atoms with E-state index in [1.165, 1.54) is 0 Å². The second-order valence-corrected chi connectivity index (χ2v) is 5.54. The zero-order chi connectivity index (χ0) is 15.1. The maximum Gasteiger partial charge on any atom is 0.251 e. The van der Waals surface area contributed by atoms with E-state index < -0.39 is 0 Å². The molecule has 2 amide bonds. The molecule has 0 saturated carbocycles. The zero-order valence-electron chi connectivity index (χ0n) is 12.5. The number of hydrogen-bond donors (Lipinski definition) is 2. The fraction of sp³-hybridized carbons (Fsp3) is 0.500. The van der Waals surface area contributed by atoms with Crippen LogP contribution < -0.4 is 10.6 Å². The standard InChI is InChI=1S/C16H23N3O2/c1-19(12-13-6-5-9-17-10-13)15(20)11-18-16(21)14-7-3-2-4-8-14/h2-4,7-8,13,17H,5-6,9-12H2,1H3,(H,18,21). The molecule has 1 aliphatic heterocycles. The summed E-state index contributed by atoms with van der Waals surface area (Å²) in [7, 11) is 1.80. The Hall–Kier alpha value is -1.88. The third-order valence-electron chi connectivity index (χ3n) is 3.79. The van der Waals surface area contributed by atoms with Crippen molar-refractivity contribution >= 4 is 11.8 Å². The first-order valence-electron chi connectivity index (χ1n) is 7.44. The molecular formula is C16H23N3O2. The Balaban J connectivity index is 1.74. The van der Waals surface area contributed by atoms with Gasteiger partial charge in [-0.2, -0.15) is 0 Å². The molecule has 0 aromatic heterocycles. The lowest BCUT2D eigenvalue weighted by atomic mass is 9.99. The molecule has 2 rings (SSSR count). The third-order valence-corrected chi connectivity index (χ3v) is 3.79. The summed E-state index contributed by atoms with van der Waals surface area (Å²) < 4.78 is 0. The fourth-order valence-electron chi connectivity index (χ4n) is 2.55. The van der Waals surface area contributed by atoms with Gasteiger partial charge in [0.1, 0.15) is 0 Å². The molecule has 1 saturated heterocycles. The van der Waals surface area contributed by atoms with Crippen molar-refractivity contribution in [3.05, 3.63) is 35.9 Å².